The van der Waals surface area contributed by atoms with Gasteiger partial charge in [-0.25, -0.2) is 0 Å². The van der Waals surface area contributed by atoms with Crippen LogP contribution < -0.4 is 5.32 Å². The number of aliphatic hydroxyl groups is 1. The number of hydrogen-bond acceptors (Lipinski definition) is 2. The van der Waals surface area contributed by atoms with Crippen LogP contribution in [0.15, 0.2) is 24.3 Å². The molecule has 0 bridgehead atoms. The first-order valence-corrected chi connectivity index (χ1v) is 6.34. The first kappa shape index (κ1) is 14.0. The maximum atomic E-state index is 9.82. The van der Waals surface area contributed by atoms with Crippen LogP contribution in [0, 0.1) is 5.92 Å². The van der Waals surface area contributed by atoms with Crippen LogP contribution in [0.4, 0.5) is 5.69 Å². The fourth-order valence-electron chi connectivity index (χ4n) is 1.74. The van der Waals surface area contributed by atoms with Crippen LogP contribution in [0.1, 0.15) is 40.2 Å². The van der Waals surface area contributed by atoms with Crippen LogP contribution in [0.2, 0.25) is 0 Å². The maximum absolute atomic E-state index is 9.82. The van der Waals surface area contributed by atoms with Crippen molar-refractivity contribution in [3.63, 3.8) is 0 Å². The molecule has 0 saturated heterocycles. The largest absolute Gasteiger partial charge is 0.391 e. The highest BCUT2D eigenvalue weighted by Gasteiger charge is 2.18. The molecule has 1 rings (SSSR count). The molecule has 0 fully saturated rings. The predicted octanol–water partition coefficient (Wildman–Crippen LogP) is 3.41. The standard InChI is InChI=1S/C15H25NO/c1-11(2)14(17)10-16-13-9-7-6-8-12(13)15(3,4)5/h6-9,11,14,16-17H,10H2,1-5H3. The molecule has 1 aromatic rings. The Morgan fingerprint density at radius 3 is 2.29 bits per heavy atom. The van der Waals surface area contributed by atoms with Gasteiger partial charge in [0, 0.05) is 12.2 Å². The van der Waals surface area contributed by atoms with Crippen molar-refractivity contribution in [2.45, 2.75) is 46.1 Å². The van der Waals surface area contributed by atoms with Crippen molar-refractivity contribution in [3.8, 4) is 0 Å². The summed E-state index contributed by atoms with van der Waals surface area (Å²) in [5, 5.41) is 13.2. The van der Waals surface area contributed by atoms with E-state index in [2.05, 4.69) is 44.3 Å². The van der Waals surface area contributed by atoms with E-state index < -0.39 is 0 Å². The maximum Gasteiger partial charge on any atom is 0.0735 e. The second-order valence-corrected chi connectivity index (χ2v) is 5.99. The number of rotatable bonds is 4. The molecule has 1 atom stereocenters. The molecule has 2 heteroatoms. The number of aliphatic hydroxyl groups excluding tert-OH is 1. The first-order valence-electron chi connectivity index (χ1n) is 6.34. The molecular weight excluding hydrogens is 210 g/mol. The van der Waals surface area contributed by atoms with Crippen LogP contribution in [0.3, 0.4) is 0 Å². The number of hydrogen-bond donors (Lipinski definition) is 2. The van der Waals surface area contributed by atoms with E-state index in [0.717, 1.165) is 5.69 Å². The lowest BCUT2D eigenvalue weighted by atomic mass is 9.86. The van der Waals surface area contributed by atoms with Crippen molar-refractivity contribution in [1.29, 1.82) is 0 Å². The molecule has 2 nitrogen and oxygen atoms in total. The molecule has 0 aliphatic carbocycles. The van der Waals surface area contributed by atoms with Crippen molar-refractivity contribution in [2.24, 2.45) is 5.92 Å². The summed E-state index contributed by atoms with van der Waals surface area (Å²) in [4.78, 5) is 0. The Labute approximate surface area is 105 Å². The van der Waals surface area contributed by atoms with Crippen LogP contribution in [0.25, 0.3) is 0 Å². The smallest absolute Gasteiger partial charge is 0.0735 e. The zero-order valence-corrected chi connectivity index (χ0v) is 11.6. The third-order valence-corrected chi connectivity index (χ3v) is 3.01. The Morgan fingerprint density at radius 2 is 1.76 bits per heavy atom. The summed E-state index contributed by atoms with van der Waals surface area (Å²) in [6.45, 7) is 11.3. The highest BCUT2D eigenvalue weighted by atomic mass is 16.3. The molecule has 17 heavy (non-hydrogen) atoms. The van der Waals surface area contributed by atoms with Crippen molar-refractivity contribution in [1.82, 2.24) is 0 Å². The minimum absolute atomic E-state index is 0.117. The second-order valence-electron chi connectivity index (χ2n) is 5.99. The number of anilines is 1. The van der Waals surface area contributed by atoms with Gasteiger partial charge in [0.2, 0.25) is 0 Å². The van der Waals surface area contributed by atoms with Gasteiger partial charge in [-0.15, -0.1) is 0 Å². The van der Waals surface area contributed by atoms with E-state index in [4.69, 9.17) is 0 Å². The average molecular weight is 235 g/mol. The van der Waals surface area contributed by atoms with Crippen molar-refractivity contribution in [3.05, 3.63) is 29.8 Å². The SMILES string of the molecule is CC(C)C(O)CNc1ccccc1C(C)(C)C. The Balaban J connectivity index is 2.78. The molecular formula is C15H25NO. The minimum Gasteiger partial charge on any atom is -0.391 e. The number of benzene rings is 1. The van der Waals surface area contributed by atoms with Gasteiger partial charge in [0.05, 0.1) is 6.10 Å². The minimum atomic E-state index is -0.303. The molecule has 0 amide bonds. The van der Waals surface area contributed by atoms with Crippen molar-refractivity contribution < 1.29 is 5.11 Å². The van der Waals surface area contributed by atoms with Gasteiger partial charge < -0.3 is 10.4 Å². The Bertz CT molecular complexity index is 352. The van der Waals surface area contributed by atoms with Gasteiger partial charge in [0.25, 0.3) is 0 Å². The van der Waals surface area contributed by atoms with E-state index in [9.17, 15) is 5.11 Å². The van der Waals surface area contributed by atoms with Gasteiger partial charge in [-0.2, -0.15) is 0 Å². The van der Waals surface area contributed by atoms with E-state index in [1.807, 2.05) is 19.9 Å². The Morgan fingerprint density at radius 1 is 1.18 bits per heavy atom. The lowest BCUT2D eigenvalue weighted by molar-refractivity contribution is 0.138. The van der Waals surface area contributed by atoms with Gasteiger partial charge in [-0.3, -0.25) is 0 Å². The molecule has 1 unspecified atom stereocenters. The molecule has 0 saturated carbocycles. The fourth-order valence-corrected chi connectivity index (χ4v) is 1.74. The van der Waals surface area contributed by atoms with Crippen molar-refractivity contribution in [2.75, 3.05) is 11.9 Å². The fraction of sp³-hybridized carbons (Fsp3) is 0.600. The molecule has 1 aromatic carbocycles. The van der Waals surface area contributed by atoms with Gasteiger partial charge >= 0.3 is 0 Å². The first-order chi connectivity index (χ1) is 7.82. The monoisotopic (exact) mass is 235 g/mol. The summed E-state index contributed by atoms with van der Waals surface area (Å²) >= 11 is 0. The van der Waals surface area contributed by atoms with E-state index in [1.54, 1.807) is 0 Å². The lowest BCUT2D eigenvalue weighted by Crippen LogP contribution is -2.26. The summed E-state index contributed by atoms with van der Waals surface area (Å²) in [6.07, 6.45) is -0.303. The predicted molar refractivity (Wildman–Crippen MR) is 74.5 cm³/mol. The third-order valence-electron chi connectivity index (χ3n) is 3.01. The number of para-hydroxylation sites is 1. The molecule has 0 aromatic heterocycles. The van der Waals surface area contributed by atoms with Crippen LogP contribution in [0.5, 0.6) is 0 Å². The molecule has 2 N–H and O–H groups in total. The molecule has 0 spiro atoms. The van der Waals surface area contributed by atoms with Gasteiger partial charge in [-0.05, 0) is 23.0 Å². The van der Waals surface area contributed by atoms with E-state index in [0.29, 0.717) is 6.54 Å². The van der Waals surface area contributed by atoms with Crippen LogP contribution in [-0.4, -0.2) is 17.8 Å². The summed E-state index contributed by atoms with van der Waals surface area (Å²) in [7, 11) is 0. The highest BCUT2D eigenvalue weighted by Crippen LogP contribution is 2.29. The zero-order chi connectivity index (χ0) is 13.1. The van der Waals surface area contributed by atoms with Gasteiger partial charge in [-0.1, -0.05) is 52.8 Å². The van der Waals surface area contributed by atoms with E-state index in [1.165, 1.54) is 5.56 Å². The third kappa shape index (κ3) is 4.04. The Kier molecular flexibility index (Phi) is 4.58. The summed E-state index contributed by atoms with van der Waals surface area (Å²) in [5.74, 6) is 0.282. The van der Waals surface area contributed by atoms with Crippen LogP contribution in [-0.2, 0) is 5.41 Å². The molecule has 0 heterocycles. The van der Waals surface area contributed by atoms with E-state index in [-0.39, 0.29) is 17.4 Å². The van der Waals surface area contributed by atoms with Crippen molar-refractivity contribution >= 4 is 5.69 Å². The van der Waals surface area contributed by atoms with Gasteiger partial charge in [0.1, 0.15) is 0 Å². The van der Waals surface area contributed by atoms with Gasteiger partial charge in [0.15, 0.2) is 0 Å². The molecule has 0 aliphatic heterocycles. The molecule has 0 aliphatic rings. The second kappa shape index (κ2) is 5.54. The summed E-state index contributed by atoms with van der Waals surface area (Å²) < 4.78 is 0. The number of nitrogens with one attached hydrogen (secondary N) is 1. The average Bonchev–Trinajstić information content (AvgIpc) is 2.24. The highest BCUT2D eigenvalue weighted by molar-refractivity contribution is 5.54. The zero-order valence-electron chi connectivity index (χ0n) is 11.6. The quantitative estimate of drug-likeness (QED) is 0.838. The molecule has 96 valence electrons. The van der Waals surface area contributed by atoms with Crippen LogP contribution >= 0.6 is 0 Å². The Hall–Kier alpha value is -1.02. The lowest BCUT2D eigenvalue weighted by Gasteiger charge is -2.24. The normalized spacial score (nSPS) is 13.8. The topological polar surface area (TPSA) is 32.3 Å². The summed E-state index contributed by atoms with van der Waals surface area (Å²) in [5.41, 5.74) is 2.53. The summed E-state index contributed by atoms with van der Waals surface area (Å²) in [6, 6.07) is 8.31. The molecule has 0 radical (unpaired) electrons. The van der Waals surface area contributed by atoms with E-state index >= 15 is 0 Å².